The molecule has 4 aromatic rings. The van der Waals surface area contributed by atoms with E-state index in [1.807, 2.05) is 35.8 Å². The van der Waals surface area contributed by atoms with Gasteiger partial charge in [0.05, 0.1) is 11.1 Å². The fourth-order valence-electron chi connectivity index (χ4n) is 2.75. The van der Waals surface area contributed by atoms with Gasteiger partial charge < -0.3 is 9.55 Å². The molecule has 0 radical (unpaired) electrons. The van der Waals surface area contributed by atoms with E-state index in [0.717, 1.165) is 27.7 Å². The van der Waals surface area contributed by atoms with Gasteiger partial charge in [0.1, 0.15) is 10.7 Å². The Balaban J connectivity index is 1.68. The van der Waals surface area contributed by atoms with E-state index in [2.05, 4.69) is 26.4 Å². The molecule has 5 nitrogen and oxygen atoms in total. The molecule has 1 N–H and O–H groups in total. The standard InChI is InChI=1S/C18H15ClN4OS2/c1-2-23-8-7-20-18(23)26-10-14-21-16(24)15-12(9-25-17(15)22-14)11-5-3-4-6-13(11)19/h3-9H,2,10H2,1H3,(H,21,22,24). The zero-order chi connectivity index (χ0) is 18.1. The number of rotatable bonds is 5. The predicted molar refractivity (Wildman–Crippen MR) is 108 cm³/mol. The Morgan fingerprint density at radius 3 is 2.96 bits per heavy atom. The van der Waals surface area contributed by atoms with Gasteiger partial charge >= 0.3 is 0 Å². The van der Waals surface area contributed by atoms with Crippen molar-refractivity contribution in [3.63, 3.8) is 0 Å². The zero-order valence-electron chi connectivity index (χ0n) is 13.9. The summed E-state index contributed by atoms with van der Waals surface area (Å²) in [5.74, 6) is 1.20. The van der Waals surface area contributed by atoms with E-state index in [9.17, 15) is 4.79 Å². The van der Waals surface area contributed by atoms with Crippen LogP contribution in [0.2, 0.25) is 5.02 Å². The molecule has 0 fully saturated rings. The van der Waals surface area contributed by atoms with E-state index in [1.54, 1.807) is 18.0 Å². The number of nitrogens with one attached hydrogen (secondary N) is 1. The van der Waals surface area contributed by atoms with Crippen LogP contribution in [0.5, 0.6) is 0 Å². The van der Waals surface area contributed by atoms with E-state index in [4.69, 9.17) is 11.6 Å². The smallest absolute Gasteiger partial charge is 0.260 e. The van der Waals surface area contributed by atoms with Gasteiger partial charge in [-0.05, 0) is 13.0 Å². The number of fused-ring (bicyclic) bond motifs is 1. The van der Waals surface area contributed by atoms with Crippen molar-refractivity contribution in [1.82, 2.24) is 19.5 Å². The minimum absolute atomic E-state index is 0.138. The van der Waals surface area contributed by atoms with Crippen LogP contribution < -0.4 is 5.56 Å². The summed E-state index contributed by atoms with van der Waals surface area (Å²) < 4.78 is 2.06. The molecule has 0 aliphatic heterocycles. The van der Waals surface area contributed by atoms with Crippen LogP contribution in [-0.4, -0.2) is 19.5 Å². The second-order valence-electron chi connectivity index (χ2n) is 5.61. The molecule has 3 aromatic heterocycles. The van der Waals surface area contributed by atoms with Gasteiger partial charge in [0, 0.05) is 40.5 Å². The molecule has 3 heterocycles. The van der Waals surface area contributed by atoms with Crippen molar-refractivity contribution in [3.8, 4) is 11.1 Å². The number of thiophene rings is 1. The maximum atomic E-state index is 12.7. The van der Waals surface area contributed by atoms with E-state index < -0.39 is 0 Å². The maximum Gasteiger partial charge on any atom is 0.260 e. The first-order chi connectivity index (χ1) is 12.7. The van der Waals surface area contributed by atoms with Gasteiger partial charge in [-0.2, -0.15) is 0 Å². The summed E-state index contributed by atoms with van der Waals surface area (Å²) in [4.78, 5) is 25.3. The van der Waals surface area contributed by atoms with Gasteiger partial charge in [0.2, 0.25) is 0 Å². The lowest BCUT2D eigenvalue weighted by Gasteiger charge is -2.05. The Hall–Kier alpha value is -2.09. The highest BCUT2D eigenvalue weighted by atomic mass is 35.5. The number of H-pyrrole nitrogens is 1. The molecule has 8 heteroatoms. The molecule has 0 bridgehead atoms. The minimum Gasteiger partial charge on any atom is -0.326 e. The third kappa shape index (κ3) is 3.18. The lowest BCUT2D eigenvalue weighted by Crippen LogP contribution is -2.11. The second-order valence-corrected chi connectivity index (χ2v) is 7.81. The quantitative estimate of drug-likeness (QED) is 0.486. The highest BCUT2D eigenvalue weighted by Crippen LogP contribution is 2.35. The number of hydrogen-bond acceptors (Lipinski definition) is 5. The average Bonchev–Trinajstić information content (AvgIpc) is 3.27. The number of imidazole rings is 1. The molecule has 0 unspecified atom stereocenters. The van der Waals surface area contributed by atoms with Crippen molar-refractivity contribution in [1.29, 1.82) is 0 Å². The largest absolute Gasteiger partial charge is 0.326 e. The van der Waals surface area contributed by atoms with Crippen LogP contribution >= 0.6 is 34.7 Å². The Kier molecular flexibility index (Phi) is 4.84. The predicted octanol–water partition coefficient (Wildman–Crippen LogP) is 4.81. The molecule has 0 spiro atoms. The number of aromatic nitrogens is 4. The van der Waals surface area contributed by atoms with E-state index in [1.165, 1.54) is 11.3 Å². The first kappa shape index (κ1) is 17.3. The summed E-state index contributed by atoms with van der Waals surface area (Å²) in [5.41, 5.74) is 1.53. The number of aromatic amines is 1. The fourth-order valence-corrected chi connectivity index (χ4v) is 4.84. The third-order valence-corrected chi connectivity index (χ3v) is 6.23. The number of hydrogen-bond donors (Lipinski definition) is 1. The summed E-state index contributed by atoms with van der Waals surface area (Å²) in [6.45, 7) is 2.93. The molecular weight excluding hydrogens is 388 g/mol. The van der Waals surface area contributed by atoms with Crippen LogP contribution in [0.25, 0.3) is 21.3 Å². The first-order valence-corrected chi connectivity index (χ1v) is 10.3. The van der Waals surface area contributed by atoms with Crippen LogP contribution in [0, 0.1) is 0 Å². The third-order valence-electron chi connectivity index (χ3n) is 4.01. The Labute approximate surface area is 163 Å². The van der Waals surface area contributed by atoms with Crippen molar-refractivity contribution < 1.29 is 0 Å². The number of aryl methyl sites for hydroxylation is 1. The topological polar surface area (TPSA) is 63.6 Å². The highest BCUT2D eigenvalue weighted by Gasteiger charge is 2.15. The molecule has 0 aliphatic carbocycles. The van der Waals surface area contributed by atoms with Crippen molar-refractivity contribution in [3.05, 3.63) is 63.2 Å². The maximum absolute atomic E-state index is 12.7. The normalized spacial score (nSPS) is 11.3. The SMILES string of the molecule is CCn1ccnc1SCc1nc2scc(-c3ccccc3Cl)c2c(=O)[nH]1. The van der Waals surface area contributed by atoms with Crippen molar-refractivity contribution in [2.24, 2.45) is 0 Å². The van der Waals surface area contributed by atoms with E-state index in [-0.39, 0.29) is 5.56 Å². The summed E-state index contributed by atoms with van der Waals surface area (Å²) in [6, 6.07) is 7.52. The number of halogens is 1. The molecule has 0 aliphatic rings. The van der Waals surface area contributed by atoms with E-state index in [0.29, 0.717) is 22.0 Å². The molecule has 132 valence electrons. The van der Waals surface area contributed by atoms with Crippen molar-refractivity contribution in [2.75, 3.05) is 0 Å². The molecule has 0 saturated carbocycles. The second kappa shape index (κ2) is 7.26. The van der Waals surface area contributed by atoms with Gasteiger partial charge in [-0.25, -0.2) is 9.97 Å². The van der Waals surface area contributed by atoms with Crippen LogP contribution in [0.4, 0.5) is 0 Å². The van der Waals surface area contributed by atoms with Gasteiger partial charge in [-0.15, -0.1) is 11.3 Å². The molecular formula is C18H15ClN4OS2. The molecule has 0 amide bonds. The Morgan fingerprint density at radius 2 is 2.15 bits per heavy atom. The van der Waals surface area contributed by atoms with Gasteiger partial charge in [0.25, 0.3) is 5.56 Å². The average molecular weight is 403 g/mol. The van der Waals surface area contributed by atoms with Gasteiger partial charge in [-0.1, -0.05) is 41.6 Å². The molecule has 4 rings (SSSR count). The number of thioether (sulfide) groups is 1. The first-order valence-electron chi connectivity index (χ1n) is 8.06. The van der Waals surface area contributed by atoms with Crippen molar-refractivity contribution in [2.45, 2.75) is 24.4 Å². The summed E-state index contributed by atoms with van der Waals surface area (Å²) in [7, 11) is 0. The molecule has 0 saturated heterocycles. The van der Waals surface area contributed by atoms with Crippen molar-refractivity contribution >= 4 is 44.9 Å². The highest BCUT2D eigenvalue weighted by molar-refractivity contribution is 7.98. The molecule has 0 atom stereocenters. The Bertz CT molecular complexity index is 1130. The van der Waals surface area contributed by atoms with Crippen LogP contribution in [-0.2, 0) is 12.3 Å². The fraction of sp³-hybridized carbons (Fsp3) is 0.167. The zero-order valence-corrected chi connectivity index (χ0v) is 16.3. The minimum atomic E-state index is -0.138. The molecule has 1 aromatic carbocycles. The summed E-state index contributed by atoms with van der Waals surface area (Å²) in [5, 5.41) is 4.07. The number of benzene rings is 1. The molecule has 26 heavy (non-hydrogen) atoms. The van der Waals surface area contributed by atoms with E-state index >= 15 is 0 Å². The van der Waals surface area contributed by atoms with Crippen LogP contribution in [0.3, 0.4) is 0 Å². The van der Waals surface area contributed by atoms with Gasteiger partial charge in [-0.3, -0.25) is 4.79 Å². The van der Waals surface area contributed by atoms with Gasteiger partial charge in [0.15, 0.2) is 5.16 Å². The van der Waals surface area contributed by atoms with Crippen LogP contribution in [0.1, 0.15) is 12.7 Å². The van der Waals surface area contributed by atoms with Crippen LogP contribution in [0.15, 0.2) is 52.0 Å². The number of nitrogens with zero attached hydrogens (tertiary/aromatic N) is 3. The monoisotopic (exact) mass is 402 g/mol. The lowest BCUT2D eigenvalue weighted by atomic mass is 10.1. The summed E-state index contributed by atoms with van der Waals surface area (Å²) in [6.07, 6.45) is 3.72. The summed E-state index contributed by atoms with van der Waals surface area (Å²) >= 11 is 9.31. The Morgan fingerprint density at radius 1 is 1.31 bits per heavy atom. The lowest BCUT2D eigenvalue weighted by molar-refractivity contribution is 0.681.